The number of nitrogens with zero attached hydrogens (tertiary/aromatic N) is 3. The molecule has 0 aliphatic rings. The van der Waals surface area contributed by atoms with Crippen molar-refractivity contribution in [3.63, 3.8) is 0 Å². The molecule has 2 heterocycles. The minimum atomic E-state index is -0.254. The highest BCUT2D eigenvalue weighted by atomic mass is 35.5. The van der Waals surface area contributed by atoms with Crippen LogP contribution in [0.1, 0.15) is 27.2 Å². The van der Waals surface area contributed by atoms with Gasteiger partial charge in [-0.3, -0.25) is 4.79 Å². The predicted molar refractivity (Wildman–Crippen MR) is 117 cm³/mol. The maximum Gasteiger partial charge on any atom is 0.261 e. The molecule has 2 aromatic carbocycles. The summed E-state index contributed by atoms with van der Waals surface area (Å²) in [5.74, 6) is 0.424. The Morgan fingerprint density at radius 2 is 1.62 bits per heavy atom. The molecule has 0 atom stereocenters. The predicted octanol–water partition coefficient (Wildman–Crippen LogP) is 5.49. The first-order valence-corrected chi connectivity index (χ1v) is 9.69. The second-order valence-electron chi connectivity index (χ2n) is 7.06. The van der Waals surface area contributed by atoms with Crippen molar-refractivity contribution >= 4 is 23.2 Å². The molecular formula is C23H21ClN4O. The number of hydrogen-bond donors (Lipinski definition) is 1. The summed E-state index contributed by atoms with van der Waals surface area (Å²) < 4.78 is 3.69. The van der Waals surface area contributed by atoms with Gasteiger partial charge in [0, 0.05) is 12.4 Å². The summed E-state index contributed by atoms with van der Waals surface area (Å²) in [5, 5.41) is 8.11. The third kappa shape index (κ3) is 3.69. The van der Waals surface area contributed by atoms with E-state index in [2.05, 4.69) is 10.4 Å². The van der Waals surface area contributed by atoms with Gasteiger partial charge in [0.25, 0.3) is 5.91 Å². The van der Waals surface area contributed by atoms with E-state index in [1.54, 1.807) is 4.68 Å². The molecule has 0 radical (unpaired) electrons. The molecule has 0 saturated heterocycles. The molecule has 0 fully saturated rings. The monoisotopic (exact) mass is 404 g/mol. The summed E-state index contributed by atoms with van der Waals surface area (Å²) in [5.41, 5.74) is 4.78. The van der Waals surface area contributed by atoms with Crippen molar-refractivity contribution in [3.05, 3.63) is 94.4 Å². The number of carbonyl (C=O) groups is 1. The maximum atomic E-state index is 13.3. The minimum absolute atomic E-state index is 0.254. The summed E-state index contributed by atoms with van der Waals surface area (Å²) in [6.07, 6.45) is 3.80. The largest absolute Gasteiger partial charge is 0.320 e. The zero-order chi connectivity index (χ0) is 20.5. The average Bonchev–Trinajstić information content (AvgIpc) is 3.32. The molecule has 6 heteroatoms. The van der Waals surface area contributed by atoms with E-state index in [4.69, 9.17) is 11.6 Å². The Balaban J connectivity index is 1.82. The molecule has 1 amide bonds. The van der Waals surface area contributed by atoms with Crippen LogP contribution in [0.25, 0.3) is 11.5 Å². The van der Waals surface area contributed by atoms with E-state index in [-0.39, 0.29) is 5.91 Å². The van der Waals surface area contributed by atoms with E-state index >= 15 is 0 Å². The first-order valence-electron chi connectivity index (χ1n) is 9.31. The number of aryl methyl sites for hydroxylation is 3. The van der Waals surface area contributed by atoms with Gasteiger partial charge in [-0.05, 0) is 62.7 Å². The van der Waals surface area contributed by atoms with E-state index in [1.165, 1.54) is 0 Å². The van der Waals surface area contributed by atoms with Crippen LogP contribution in [0.3, 0.4) is 0 Å². The van der Waals surface area contributed by atoms with Gasteiger partial charge in [0.05, 0.1) is 22.1 Å². The Kier molecular flexibility index (Phi) is 4.99. The van der Waals surface area contributed by atoms with Crippen molar-refractivity contribution in [2.45, 2.75) is 20.8 Å². The molecule has 146 valence electrons. The Bertz CT molecular complexity index is 1170. The lowest BCUT2D eigenvalue weighted by molar-refractivity contribution is 0.102. The van der Waals surface area contributed by atoms with Gasteiger partial charge in [-0.2, -0.15) is 5.10 Å². The minimum Gasteiger partial charge on any atom is -0.320 e. The highest BCUT2D eigenvalue weighted by molar-refractivity contribution is 6.34. The van der Waals surface area contributed by atoms with Crippen LogP contribution < -0.4 is 5.32 Å². The van der Waals surface area contributed by atoms with Crippen LogP contribution in [0, 0.1) is 20.8 Å². The standard InChI is InChI=1S/C23H21ClN4O/c1-15-6-9-18(10-7-15)28-23(27-12-4-5-13-27)21(17(3)26-28)22(29)25-20-11-8-16(2)14-19(20)24/h4-14H,1-3H3,(H,25,29). The highest BCUT2D eigenvalue weighted by Gasteiger charge is 2.24. The molecule has 0 unspecified atom stereocenters. The summed E-state index contributed by atoms with van der Waals surface area (Å²) in [4.78, 5) is 13.3. The number of halogens is 1. The molecule has 2 aromatic heterocycles. The summed E-state index contributed by atoms with van der Waals surface area (Å²) in [7, 11) is 0. The lowest BCUT2D eigenvalue weighted by atomic mass is 10.2. The number of carbonyl (C=O) groups excluding carboxylic acids is 1. The van der Waals surface area contributed by atoms with Crippen LogP contribution in [0.4, 0.5) is 5.69 Å². The number of hydrogen-bond acceptors (Lipinski definition) is 2. The Morgan fingerprint density at radius 1 is 0.966 bits per heavy atom. The Hall–Kier alpha value is -3.31. The lowest BCUT2D eigenvalue weighted by Gasteiger charge is -2.12. The molecule has 0 aliphatic heterocycles. The van der Waals surface area contributed by atoms with Crippen LogP contribution >= 0.6 is 11.6 Å². The molecule has 0 saturated carbocycles. The van der Waals surface area contributed by atoms with E-state index in [0.29, 0.717) is 27.8 Å². The van der Waals surface area contributed by atoms with Crippen LogP contribution in [0.5, 0.6) is 0 Å². The van der Waals surface area contributed by atoms with Gasteiger partial charge >= 0.3 is 0 Å². The van der Waals surface area contributed by atoms with E-state index in [1.807, 2.05) is 92.3 Å². The molecule has 0 bridgehead atoms. The molecule has 4 rings (SSSR count). The normalized spacial score (nSPS) is 10.9. The summed E-state index contributed by atoms with van der Waals surface area (Å²) >= 11 is 6.32. The van der Waals surface area contributed by atoms with Crippen LogP contribution in [0.2, 0.25) is 5.02 Å². The van der Waals surface area contributed by atoms with Gasteiger partial charge < -0.3 is 9.88 Å². The third-order valence-corrected chi connectivity index (χ3v) is 5.08. The maximum absolute atomic E-state index is 13.3. The highest BCUT2D eigenvalue weighted by Crippen LogP contribution is 2.27. The Labute approximate surface area is 174 Å². The van der Waals surface area contributed by atoms with Crippen molar-refractivity contribution < 1.29 is 4.79 Å². The zero-order valence-corrected chi connectivity index (χ0v) is 17.2. The molecule has 0 spiro atoms. The third-order valence-electron chi connectivity index (χ3n) is 4.76. The van der Waals surface area contributed by atoms with Crippen LogP contribution in [-0.2, 0) is 0 Å². The van der Waals surface area contributed by atoms with Gasteiger partial charge in [-0.25, -0.2) is 4.68 Å². The second-order valence-corrected chi connectivity index (χ2v) is 7.47. The molecule has 1 N–H and O–H groups in total. The number of rotatable bonds is 4. The van der Waals surface area contributed by atoms with Crippen LogP contribution in [-0.4, -0.2) is 20.3 Å². The van der Waals surface area contributed by atoms with Crippen molar-refractivity contribution in [2.75, 3.05) is 5.32 Å². The van der Waals surface area contributed by atoms with Crippen molar-refractivity contribution in [1.82, 2.24) is 14.3 Å². The fourth-order valence-corrected chi connectivity index (χ4v) is 3.55. The number of anilines is 1. The lowest BCUT2D eigenvalue weighted by Crippen LogP contribution is -2.16. The molecule has 4 aromatic rings. The number of nitrogens with one attached hydrogen (secondary N) is 1. The smallest absolute Gasteiger partial charge is 0.261 e. The van der Waals surface area contributed by atoms with Crippen LogP contribution in [0.15, 0.2) is 67.0 Å². The van der Waals surface area contributed by atoms with E-state index in [9.17, 15) is 4.79 Å². The zero-order valence-electron chi connectivity index (χ0n) is 16.5. The summed E-state index contributed by atoms with van der Waals surface area (Å²) in [6.45, 7) is 5.83. The van der Waals surface area contributed by atoms with Gasteiger partial charge in [0.1, 0.15) is 5.56 Å². The van der Waals surface area contributed by atoms with E-state index in [0.717, 1.165) is 16.8 Å². The number of benzene rings is 2. The van der Waals surface area contributed by atoms with Gasteiger partial charge in [-0.1, -0.05) is 35.4 Å². The van der Waals surface area contributed by atoms with Gasteiger partial charge in [0.15, 0.2) is 5.82 Å². The first-order chi connectivity index (χ1) is 13.9. The summed E-state index contributed by atoms with van der Waals surface area (Å²) in [6, 6.07) is 17.4. The quantitative estimate of drug-likeness (QED) is 0.488. The molecule has 29 heavy (non-hydrogen) atoms. The fourth-order valence-electron chi connectivity index (χ4n) is 3.27. The molecule has 0 aliphatic carbocycles. The van der Waals surface area contributed by atoms with Crippen molar-refractivity contribution in [3.8, 4) is 11.5 Å². The topological polar surface area (TPSA) is 51.9 Å². The first kappa shape index (κ1) is 19.0. The number of amides is 1. The molecule has 5 nitrogen and oxygen atoms in total. The SMILES string of the molecule is Cc1ccc(-n2nc(C)c(C(=O)Nc3ccc(C)cc3Cl)c2-n2cccc2)cc1. The molecular weight excluding hydrogens is 384 g/mol. The van der Waals surface area contributed by atoms with Crippen molar-refractivity contribution in [2.24, 2.45) is 0 Å². The Morgan fingerprint density at radius 3 is 2.28 bits per heavy atom. The average molecular weight is 405 g/mol. The van der Waals surface area contributed by atoms with Gasteiger partial charge in [-0.15, -0.1) is 0 Å². The van der Waals surface area contributed by atoms with Gasteiger partial charge in [0.2, 0.25) is 0 Å². The number of aromatic nitrogens is 3. The fraction of sp³-hybridized carbons (Fsp3) is 0.130. The van der Waals surface area contributed by atoms with E-state index < -0.39 is 0 Å². The second kappa shape index (κ2) is 7.60. The van der Waals surface area contributed by atoms with Crippen molar-refractivity contribution in [1.29, 1.82) is 0 Å².